The molecular weight excluding hydrogens is 302 g/mol. The number of hydrogen-bond donors (Lipinski definition) is 0. The Bertz CT molecular complexity index is 968. The van der Waals surface area contributed by atoms with Gasteiger partial charge in [-0.2, -0.15) is 10.4 Å². The second-order valence-corrected chi connectivity index (χ2v) is 5.47. The normalized spacial score (nSPS) is 11.8. The molecule has 2 aromatic carbocycles. The number of ether oxygens (including phenoxy) is 1. The molecule has 1 aliphatic heterocycles. The molecule has 1 aromatic heterocycles. The number of benzene rings is 2. The van der Waals surface area contributed by atoms with E-state index in [9.17, 15) is 4.79 Å². The van der Waals surface area contributed by atoms with Crippen LogP contribution in [0.2, 0.25) is 0 Å². The first-order valence-corrected chi connectivity index (χ1v) is 7.59. The van der Waals surface area contributed by atoms with E-state index in [2.05, 4.69) is 5.10 Å². The molecule has 0 unspecified atom stereocenters. The van der Waals surface area contributed by atoms with Crippen LogP contribution in [0, 0.1) is 11.3 Å². The molecule has 0 aliphatic carbocycles. The van der Waals surface area contributed by atoms with Gasteiger partial charge < -0.3 is 4.74 Å². The number of carbonyl (C=O) groups is 1. The monoisotopic (exact) mass is 315 g/mol. The van der Waals surface area contributed by atoms with Crippen LogP contribution in [-0.4, -0.2) is 15.6 Å². The number of carbonyl (C=O) groups excluding carboxylic acids is 1. The molecule has 116 valence electrons. The summed E-state index contributed by atoms with van der Waals surface area (Å²) in [6.45, 7) is 0.270. The van der Waals surface area contributed by atoms with Gasteiger partial charge in [0.1, 0.15) is 24.5 Å². The summed E-state index contributed by atoms with van der Waals surface area (Å²) in [5.41, 5.74) is 3.65. The molecule has 4 rings (SSSR count). The van der Waals surface area contributed by atoms with E-state index in [-0.39, 0.29) is 18.8 Å². The van der Waals surface area contributed by atoms with Crippen molar-refractivity contribution in [2.45, 2.75) is 13.0 Å². The lowest BCUT2D eigenvalue weighted by Gasteiger charge is -2.19. The van der Waals surface area contributed by atoms with E-state index in [1.807, 2.05) is 60.7 Å². The van der Waals surface area contributed by atoms with Gasteiger partial charge in [-0.25, -0.2) is 4.68 Å². The minimum absolute atomic E-state index is 0.195. The molecule has 0 amide bonds. The summed E-state index contributed by atoms with van der Waals surface area (Å²) in [6.07, 6.45) is -0.195. The van der Waals surface area contributed by atoms with Crippen molar-refractivity contribution in [1.82, 2.24) is 9.78 Å². The van der Waals surface area contributed by atoms with E-state index < -0.39 is 0 Å². The van der Waals surface area contributed by atoms with E-state index in [4.69, 9.17) is 10.00 Å². The Labute approximate surface area is 138 Å². The lowest BCUT2D eigenvalue weighted by atomic mass is 10.0. The molecule has 2 heterocycles. The summed E-state index contributed by atoms with van der Waals surface area (Å²) in [5.74, 6) is 0.479. The van der Waals surface area contributed by atoms with Crippen LogP contribution in [0.15, 0.2) is 54.6 Å². The number of para-hydroxylation sites is 2. The van der Waals surface area contributed by atoms with Gasteiger partial charge in [-0.3, -0.25) is 4.79 Å². The van der Waals surface area contributed by atoms with E-state index in [0.717, 1.165) is 28.3 Å². The summed E-state index contributed by atoms with van der Waals surface area (Å²) in [7, 11) is 0. The third-order valence-electron chi connectivity index (χ3n) is 4.00. The summed E-state index contributed by atoms with van der Waals surface area (Å²) in [4.78, 5) is 12.3. The average molecular weight is 315 g/mol. The molecule has 24 heavy (non-hydrogen) atoms. The number of aromatic nitrogens is 2. The van der Waals surface area contributed by atoms with Gasteiger partial charge in [0.25, 0.3) is 0 Å². The molecule has 5 heteroatoms. The minimum atomic E-state index is -0.286. The fraction of sp³-hybridized carbons (Fsp3) is 0.105. The van der Waals surface area contributed by atoms with E-state index in [1.165, 1.54) is 0 Å². The van der Waals surface area contributed by atoms with Crippen LogP contribution in [0.1, 0.15) is 22.5 Å². The van der Waals surface area contributed by atoms with Gasteiger partial charge in [-0.1, -0.05) is 30.3 Å². The fourth-order valence-corrected chi connectivity index (χ4v) is 2.94. The summed E-state index contributed by atoms with van der Waals surface area (Å²) >= 11 is 0. The predicted octanol–water partition coefficient (Wildman–Crippen LogP) is 3.53. The highest BCUT2D eigenvalue weighted by molar-refractivity contribution is 5.99. The number of nitriles is 1. The summed E-state index contributed by atoms with van der Waals surface area (Å²) < 4.78 is 7.54. The van der Waals surface area contributed by atoms with Crippen molar-refractivity contribution in [2.75, 3.05) is 0 Å². The number of Topliss-reactive ketones (excluding diaryl/α,β-unsaturated/α-hetero) is 1. The van der Waals surface area contributed by atoms with Crippen molar-refractivity contribution in [3.8, 4) is 28.8 Å². The summed E-state index contributed by atoms with van der Waals surface area (Å²) in [6, 6.07) is 19.2. The quantitative estimate of drug-likeness (QED) is 0.693. The molecule has 1 aliphatic rings. The van der Waals surface area contributed by atoms with Crippen LogP contribution in [-0.2, 0) is 6.61 Å². The molecular formula is C19H13N3O2. The van der Waals surface area contributed by atoms with Crippen LogP contribution in [0.4, 0.5) is 0 Å². The smallest absolute Gasteiger partial charge is 0.197 e. The van der Waals surface area contributed by atoms with Gasteiger partial charge in [0.05, 0.1) is 17.5 Å². The zero-order valence-electron chi connectivity index (χ0n) is 12.8. The molecule has 0 fully saturated rings. The molecule has 0 radical (unpaired) electrons. The third kappa shape index (κ3) is 2.17. The Morgan fingerprint density at radius 3 is 2.71 bits per heavy atom. The highest BCUT2D eigenvalue weighted by Crippen LogP contribution is 2.40. The first kappa shape index (κ1) is 14.2. The maximum atomic E-state index is 12.3. The van der Waals surface area contributed by atoms with Crippen molar-refractivity contribution < 1.29 is 9.53 Å². The number of nitrogens with zero attached hydrogens (tertiary/aromatic N) is 3. The molecule has 0 atom stereocenters. The minimum Gasteiger partial charge on any atom is -0.488 e. The van der Waals surface area contributed by atoms with Crippen molar-refractivity contribution in [3.05, 3.63) is 65.9 Å². The van der Waals surface area contributed by atoms with Crippen LogP contribution in [0.25, 0.3) is 16.9 Å². The standard InChI is InChI=1S/C19H13N3O2/c20-11-10-16(23)18-15-12-24-17-9-5-4-8-14(17)19(15)22(21-18)13-6-2-1-3-7-13/h1-9H,10,12H2. The molecule has 3 aromatic rings. The van der Waals surface area contributed by atoms with Gasteiger partial charge in [-0.05, 0) is 24.3 Å². The molecule has 5 nitrogen and oxygen atoms in total. The lowest BCUT2D eigenvalue weighted by molar-refractivity contribution is 0.0990. The Balaban J connectivity index is 1.99. The first-order chi connectivity index (χ1) is 11.8. The number of rotatable bonds is 3. The zero-order chi connectivity index (χ0) is 16.5. The van der Waals surface area contributed by atoms with E-state index in [0.29, 0.717) is 5.69 Å². The molecule has 0 saturated heterocycles. The van der Waals surface area contributed by atoms with Crippen molar-refractivity contribution in [2.24, 2.45) is 0 Å². The van der Waals surface area contributed by atoms with Crippen LogP contribution in [0.3, 0.4) is 0 Å². The Morgan fingerprint density at radius 2 is 1.92 bits per heavy atom. The third-order valence-corrected chi connectivity index (χ3v) is 4.00. The molecule has 0 bridgehead atoms. The van der Waals surface area contributed by atoms with E-state index in [1.54, 1.807) is 4.68 Å². The molecule has 0 saturated carbocycles. The highest BCUT2D eigenvalue weighted by Gasteiger charge is 2.29. The van der Waals surface area contributed by atoms with Gasteiger partial charge in [0, 0.05) is 11.1 Å². The molecule has 0 spiro atoms. The van der Waals surface area contributed by atoms with Crippen molar-refractivity contribution in [1.29, 1.82) is 5.26 Å². The summed E-state index contributed by atoms with van der Waals surface area (Å²) in [5, 5.41) is 13.4. The van der Waals surface area contributed by atoms with Crippen LogP contribution >= 0.6 is 0 Å². The second kappa shape index (κ2) is 5.67. The lowest BCUT2D eigenvalue weighted by Crippen LogP contribution is -2.09. The van der Waals surface area contributed by atoms with Crippen LogP contribution < -0.4 is 4.74 Å². The van der Waals surface area contributed by atoms with E-state index >= 15 is 0 Å². The second-order valence-electron chi connectivity index (χ2n) is 5.47. The number of hydrogen-bond acceptors (Lipinski definition) is 4. The van der Waals surface area contributed by atoms with Crippen molar-refractivity contribution >= 4 is 5.78 Å². The average Bonchev–Trinajstić information content (AvgIpc) is 3.03. The number of ketones is 1. The fourth-order valence-electron chi connectivity index (χ4n) is 2.94. The largest absolute Gasteiger partial charge is 0.488 e. The Morgan fingerprint density at radius 1 is 1.17 bits per heavy atom. The molecule has 0 N–H and O–H groups in total. The van der Waals surface area contributed by atoms with Gasteiger partial charge >= 0.3 is 0 Å². The highest BCUT2D eigenvalue weighted by atomic mass is 16.5. The Hall–Kier alpha value is -3.39. The van der Waals surface area contributed by atoms with Gasteiger partial charge in [0.15, 0.2) is 5.78 Å². The number of fused-ring (bicyclic) bond motifs is 3. The topological polar surface area (TPSA) is 67.9 Å². The van der Waals surface area contributed by atoms with Crippen molar-refractivity contribution in [3.63, 3.8) is 0 Å². The van der Waals surface area contributed by atoms with Gasteiger partial charge in [-0.15, -0.1) is 0 Å². The first-order valence-electron chi connectivity index (χ1n) is 7.59. The predicted molar refractivity (Wildman–Crippen MR) is 87.9 cm³/mol. The van der Waals surface area contributed by atoms with Crippen LogP contribution in [0.5, 0.6) is 5.75 Å². The Kier molecular flexibility index (Phi) is 3.36. The maximum absolute atomic E-state index is 12.3. The maximum Gasteiger partial charge on any atom is 0.197 e. The SMILES string of the molecule is N#CCC(=O)c1nn(-c2ccccc2)c2c1COc1ccccc1-2. The van der Waals surface area contributed by atoms with Gasteiger partial charge in [0.2, 0.25) is 0 Å². The zero-order valence-corrected chi connectivity index (χ0v) is 12.8.